The van der Waals surface area contributed by atoms with Crippen molar-refractivity contribution in [1.29, 1.82) is 0 Å². The summed E-state index contributed by atoms with van der Waals surface area (Å²) in [5.74, 6) is 0.983. The number of carbonyl (C=O) groups excluding carboxylic acids is 1. The van der Waals surface area contributed by atoms with Gasteiger partial charge in [0.25, 0.3) is 0 Å². The lowest BCUT2D eigenvalue weighted by molar-refractivity contribution is -0.126. The zero-order valence-electron chi connectivity index (χ0n) is 9.67. The molecule has 3 nitrogen and oxygen atoms in total. The van der Waals surface area contributed by atoms with Crippen molar-refractivity contribution in [3.05, 3.63) is 59.7 Å². The maximum atomic E-state index is 12.1. The van der Waals surface area contributed by atoms with E-state index in [1.807, 2.05) is 24.3 Å². The van der Waals surface area contributed by atoms with Gasteiger partial charge in [0.2, 0.25) is 0 Å². The van der Waals surface area contributed by atoms with Crippen molar-refractivity contribution in [2.45, 2.75) is 12.5 Å². The number of aromatic hydroxyl groups is 1. The molecule has 3 heteroatoms. The smallest absolute Gasteiger partial charge is 0.182 e. The molecule has 1 heterocycles. The van der Waals surface area contributed by atoms with Crippen LogP contribution in [0.15, 0.2) is 48.5 Å². The zero-order valence-corrected chi connectivity index (χ0v) is 9.67. The van der Waals surface area contributed by atoms with Crippen molar-refractivity contribution in [3.63, 3.8) is 0 Å². The number of fused-ring (bicyclic) bond motifs is 1. The van der Waals surface area contributed by atoms with E-state index in [1.165, 1.54) is 0 Å². The second kappa shape index (κ2) is 4.18. The summed E-state index contributed by atoms with van der Waals surface area (Å²) in [5, 5.41) is 9.25. The molecule has 90 valence electrons. The lowest BCUT2D eigenvalue weighted by Crippen LogP contribution is -2.25. The summed E-state index contributed by atoms with van der Waals surface area (Å²) in [6.45, 7) is 0. The van der Waals surface area contributed by atoms with E-state index in [0.29, 0.717) is 6.42 Å². The molecule has 0 saturated carbocycles. The Balaban J connectivity index is 1.95. The number of para-hydroxylation sites is 1. The summed E-state index contributed by atoms with van der Waals surface area (Å²) < 4.78 is 5.74. The SMILES string of the molecule is O=C1Cc2ccccc2OC1c1ccc(O)cc1. The minimum Gasteiger partial charge on any atom is -0.508 e. The lowest BCUT2D eigenvalue weighted by Gasteiger charge is -2.25. The van der Waals surface area contributed by atoms with E-state index in [9.17, 15) is 9.90 Å². The Kier molecular flexibility index (Phi) is 2.52. The summed E-state index contributed by atoms with van der Waals surface area (Å²) in [5.41, 5.74) is 1.70. The first-order chi connectivity index (χ1) is 8.74. The van der Waals surface area contributed by atoms with Gasteiger partial charge in [-0.3, -0.25) is 4.79 Å². The first-order valence-electron chi connectivity index (χ1n) is 5.80. The number of Topliss-reactive ketones (excluding diaryl/α,β-unsaturated/α-hetero) is 1. The predicted molar refractivity (Wildman–Crippen MR) is 66.6 cm³/mol. The van der Waals surface area contributed by atoms with Crippen LogP contribution in [0.25, 0.3) is 0 Å². The monoisotopic (exact) mass is 240 g/mol. The molecule has 0 saturated heterocycles. The number of ketones is 1. The van der Waals surface area contributed by atoms with E-state index in [1.54, 1.807) is 24.3 Å². The molecule has 1 aliphatic rings. The normalized spacial score (nSPS) is 18.0. The van der Waals surface area contributed by atoms with Crippen molar-refractivity contribution in [2.75, 3.05) is 0 Å². The van der Waals surface area contributed by atoms with Crippen molar-refractivity contribution >= 4 is 5.78 Å². The Morgan fingerprint density at radius 3 is 2.56 bits per heavy atom. The topological polar surface area (TPSA) is 46.5 Å². The molecule has 1 N–H and O–H groups in total. The molecular formula is C15H12O3. The van der Waals surface area contributed by atoms with Gasteiger partial charge in [-0.1, -0.05) is 30.3 Å². The molecule has 18 heavy (non-hydrogen) atoms. The Labute approximate surface area is 105 Å². The highest BCUT2D eigenvalue weighted by Crippen LogP contribution is 2.32. The van der Waals surface area contributed by atoms with Crippen molar-refractivity contribution in [2.24, 2.45) is 0 Å². The third-order valence-electron chi connectivity index (χ3n) is 3.07. The number of ether oxygens (including phenoxy) is 1. The molecule has 0 spiro atoms. The van der Waals surface area contributed by atoms with Gasteiger partial charge < -0.3 is 9.84 Å². The Hall–Kier alpha value is -2.29. The molecule has 3 rings (SSSR count). The van der Waals surface area contributed by atoms with E-state index in [2.05, 4.69) is 0 Å². The van der Waals surface area contributed by atoms with E-state index in [-0.39, 0.29) is 11.5 Å². The molecule has 2 aromatic rings. The van der Waals surface area contributed by atoms with Crippen molar-refractivity contribution < 1.29 is 14.6 Å². The first kappa shape index (κ1) is 10.8. The van der Waals surface area contributed by atoms with Crippen LogP contribution in [0.4, 0.5) is 0 Å². The molecule has 0 radical (unpaired) electrons. The van der Waals surface area contributed by atoms with Gasteiger partial charge in [-0.25, -0.2) is 0 Å². The number of rotatable bonds is 1. The second-order valence-electron chi connectivity index (χ2n) is 4.34. The minimum absolute atomic E-state index is 0.0411. The van der Waals surface area contributed by atoms with Crippen LogP contribution in [0, 0.1) is 0 Å². The molecule has 0 bridgehead atoms. The van der Waals surface area contributed by atoms with E-state index in [4.69, 9.17) is 4.74 Å². The first-order valence-corrected chi connectivity index (χ1v) is 5.80. The lowest BCUT2D eigenvalue weighted by atomic mass is 9.96. The summed E-state index contributed by atoms with van der Waals surface area (Å²) in [6.07, 6.45) is -0.178. The van der Waals surface area contributed by atoms with Gasteiger partial charge in [0.15, 0.2) is 11.9 Å². The van der Waals surface area contributed by atoms with Crippen LogP contribution in [0.5, 0.6) is 11.5 Å². The van der Waals surface area contributed by atoms with Crippen LogP contribution in [-0.2, 0) is 11.2 Å². The van der Waals surface area contributed by atoms with E-state index >= 15 is 0 Å². The third kappa shape index (κ3) is 1.84. The van der Waals surface area contributed by atoms with Crippen LogP contribution in [0.3, 0.4) is 0 Å². The van der Waals surface area contributed by atoms with Crippen LogP contribution >= 0.6 is 0 Å². The Morgan fingerprint density at radius 1 is 1.06 bits per heavy atom. The molecule has 1 aliphatic heterocycles. The van der Waals surface area contributed by atoms with Gasteiger partial charge in [-0.05, 0) is 18.2 Å². The van der Waals surface area contributed by atoms with Gasteiger partial charge in [-0.2, -0.15) is 0 Å². The molecule has 2 aromatic carbocycles. The van der Waals surface area contributed by atoms with Crippen LogP contribution in [0.2, 0.25) is 0 Å². The second-order valence-corrected chi connectivity index (χ2v) is 4.34. The van der Waals surface area contributed by atoms with Crippen LogP contribution in [-0.4, -0.2) is 10.9 Å². The fraction of sp³-hybridized carbons (Fsp3) is 0.133. The minimum atomic E-state index is -0.569. The maximum Gasteiger partial charge on any atom is 0.182 e. The van der Waals surface area contributed by atoms with Crippen molar-refractivity contribution in [3.8, 4) is 11.5 Å². The highest BCUT2D eigenvalue weighted by molar-refractivity contribution is 5.88. The highest BCUT2D eigenvalue weighted by Gasteiger charge is 2.28. The number of phenolic OH excluding ortho intramolecular Hbond substituents is 1. The molecular weight excluding hydrogens is 228 g/mol. The third-order valence-corrected chi connectivity index (χ3v) is 3.07. The van der Waals surface area contributed by atoms with Gasteiger partial charge in [0.05, 0.1) is 0 Å². The number of benzene rings is 2. The molecule has 1 atom stereocenters. The van der Waals surface area contributed by atoms with E-state index < -0.39 is 6.10 Å². The van der Waals surface area contributed by atoms with Gasteiger partial charge >= 0.3 is 0 Å². The maximum absolute atomic E-state index is 12.1. The van der Waals surface area contributed by atoms with Crippen molar-refractivity contribution in [1.82, 2.24) is 0 Å². The summed E-state index contributed by atoms with van der Waals surface area (Å²) in [4.78, 5) is 12.1. The average molecular weight is 240 g/mol. The molecule has 0 aliphatic carbocycles. The predicted octanol–water partition coefficient (Wildman–Crippen LogP) is 2.64. The fourth-order valence-corrected chi connectivity index (χ4v) is 2.14. The molecule has 1 unspecified atom stereocenters. The van der Waals surface area contributed by atoms with Gasteiger partial charge in [0.1, 0.15) is 11.5 Å². The van der Waals surface area contributed by atoms with Crippen LogP contribution in [0.1, 0.15) is 17.2 Å². The standard InChI is InChI=1S/C15H12O3/c16-12-7-5-10(6-8-12)15-13(17)9-11-3-1-2-4-14(11)18-15/h1-8,15-16H,9H2. The average Bonchev–Trinajstić information content (AvgIpc) is 2.39. The number of phenols is 1. The Morgan fingerprint density at radius 2 is 1.78 bits per heavy atom. The molecule has 0 amide bonds. The summed E-state index contributed by atoms with van der Waals surface area (Å²) in [6, 6.07) is 14.1. The fourth-order valence-electron chi connectivity index (χ4n) is 2.14. The van der Waals surface area contributed by atoms with Gasteiger partial charge in [-0.15, -0.1) is 0 Å². The van der Waals surface area contributed by atoms with Crippen LogP contribution < -0.4 is 4.74 Å². The highest BCUT2D eigenvalue weighted by atomic mass is 16.5. The summed E-state index contributed by atoms with van der Waals surface area (Å²) >= 11 is 0. The largest absolute Gasteiger partial charge is 0.508 e. The molecule has 0 fully saturated rings. The van der Waals surface area contributed by atoms with E-state index in [0.717, 1.165) is 16.9 Å². The number of hydrogen-bond donors (Lipinski definition) is 1. The summed E-state index contributed by atoms with van der Waals surface area (Å²) in [7, 11) is 0. The number of hydrogen-bond acceptors (Lipinski definition) is 3. The van der Waals surface area contributed by atoms with Gasteiger partial charge in [0, 0.05) is 17.5 Å². The molecule has 0 aromatic heterocycles. The number of carbonyl (C=O) groups is 1. The zero-order chi connectivity index (χ0) is 12.5. The quantitative estimate of drug-likeness (QED) is 0.833. The Bertz CT molecular complexity index is 587.